The molecule has 0 saturated heterocycles. The summed E-state index contributed by atoms with van der Waals surface area (Å²) in [6, 6.07) is 6.30. The average Bonchev–Trinajstić information content (AvgIpc) is 2.94. The van der Waals surface area contributed by atoms with Crippen LogP contribution in [-0.4, -0.2) is 11.8 Å². The maximum atomic E-state index is 13.0. The van der Waals surface area contributed by atoms with Crippen LogP contribution in [0.15, 0.2) is 41.0 Å². The Morgan fingerprint density at radius 3 is 2.57 bits per heavy atom. The molecule has 0 radical (unpaired) electrons. The lowest BCUT2D eigenvalue weighted by Gasteiger charge is -2.06. The molecule has 1 aromatic heterocycles. The first kappa shape index (κ1) is 14.7. The highest BCUT2D eigenvalue weighted by molar-refractivity contribution is 6.03. The SMILES string of the molecule is O=C(CC(=O)Nc1ccc(F)c(F)c1)NCc1ccco1. The van der Waals surface area contributed by atoms with Crippen LogP contribution in [0.25, 0.3) is 0 Å². The number of nitrogens with one attached hydrogen (secondary N) is 2. The molecule has 0 unspecified atom stereocenters. The lowest BCUT2D eigenvalue weighted by Crippen LogP contribution is -2.27. The molecule has 1 aromatic carbocycles. The van der Waals surface area contributed by atoms with Crippen LogP contribution < -0.4 is 10.6 Å². The molecule has 2 N–H and O–H groups in total. The third-order valence-corrected chi connectivity index (χ3v) is 2.56. The van der Waals surface area contributed by atoms with Crippen molar-refractivity contribution in [1.29, 1.82) is 0 Å². The van der Waals surface area contributed by atoms with Crippen molar-refractivity contribution >= 4 is 17.5 Å². The number of amides is 2. The van der Waals surface area contributed by atoms with Crippen molar-refractivity contribution in [3.8, 4) is 0 Å². The molecule has 0 aliphatic heterocycles. The number of anilines is 1. The van der Waals surface area contributed by atoms with E-state index < -0.39 is 29.9 Å². The summed E-state index contributed by atoms with van der Waals surface area (Å²) in [5.74, 6) is -2.66. The van der Waals surface area contributed by atoms with Gasteiger partial charge in [-0.2, -0.15) is 0 Å². The predicted octanol–water partition coefficient (Wildman–Crippen LogP) is 2.20. The number of hydrogen-bond acceptors (Lipinski definition) is 3. The molecule has 5 nitrogen and oxygen atoms in total. The number of furan rings is 1. The second-order valence-electron chi connectivity index (χ2n) is 4.21. The number of rotatable bonds is 5. The summed E-state index contributed by atoms with van der Waals surface area (Å²) in [7, 11) is 0. The fraction of sp³-hybridized carbons (Fsp3) is 0.143. The van der Waals surface area contributed by atoms with E-state index in [0.29, 0.717) is 5.76 Å². The number of hydrogen-bond donors (Lipinski definition) is 2. The molecule has 2 amide bonds. The summed E-state index contributed by atoms with van der Waals surface area (Å²) in [6.07, 6.45) is 1.04. The minimum atomic E-state index is -1.07. The van der Waals surface area contributed by atoms with Gasteiger partial charge in [-0.15, -0.1) is 0 Å². The Balaban J connectivity index is 1.80. The van der Waals surface area contributed by atoms with Crippen molar-refractivity contribution in [2.24, 2.45) is 0 Å². The van der Waals surface area contributed by atoms with Gasteiger partial charge in [-0.25, -0.2) is 8.78 Å². The van der Waals surface area contributed by atoms with Gasteiger partial charge in [0.05, 0.1) is 12.8 Å². The molecule has 0 saturated carbocycles. The standard InChI is InChI=1S/C14H12F2N2O3/c15-11-4-3-9(6-12(11)16)18-14(20)7-13(19)17-8-10-2-1-5-21-10/h1-6H,7-8H2,(H,17,19)(H,18,20). The van der Waals surface area contributed by atoms with Crippen LogP contribution in [0.2, 0.25) is 0 Å². The maximum Gasteiger partial charge on any atom is 0.233 e. The van der Waals surface area contributed by atoms with Gasteiger partial charge in [0.2, 0.25) is 11.8 Å². The number of benzene rings is 1. The van der Waals surface area contributed by atoms with E-state index in [2.05, 4.69) is 10.6 Å². The Labute approximate surface area is 118 Å². The van der Waals surface area contributed by atoms with Crippen molar-refractivity contribution in [3.63, 3.8) is 0 Å². The summed E-state index contributed by atoms with van der Waals surface area (Å²) >= 11 is 0. The first-order valence-electron chi connectivity index (χ1n) is 6.08. The minimum absolute atomic E-state index is 0.0812. The third-order valence-electron chi connectivity index (χ3n) is 2.56. The molecule has 2 aromatic rings. The van der Waals surface area contributed by atoms with Crippen LogP contribution in [-0.2, 0) is 16.1 Å². The van der Waals surface area contributed by atoms with Gasteiger partial charge in [0.1, 0.15) is 12.2 Å². The van der Waals surface area contributed by atoms with Crippen LogP contribution in [0.3, 0.4) is 0 Å². The fourth-order valence-electron chi connectivity index (χ4n) is 1.59. The first-order valence-corrected chi connectivity index (χ1v) is 6.08. The van der Waals surface area contributed by atoms with Crippen molar-refractivity contribution in [1.82, 2.24) is 5.32 Å². The van der Waals surface area contributed by atoms with Gasteiger partial charge in [-0.05, 0) is 24.3 Å². The molecular weight excluding hydrogens is 282 g/mol. The second kappa shape index (κ2) is 6.65. The number of halogens is 2. The van der Waals surface area contributed by atoms with E-state index >= 15 is 0 Å². The Morgan fingerprint density at radius 2 is 1.90 bits per heavy atom. The molecule has 0 fully saturated rings. The normalized spacial score (nSPS) is 10.2. The monoisotopic (exact) mass is 294 g/mol. The number of carbonyl (C=O) groups excluding carboxylic acids is 2. The third kappa shape index (κ3) is 4.41. The van der Waals surface area contributed by atoms with Crippen LogP contribution in [0.5, 0.6) is 0 Å². The molecule has 0 aliphatic carbocycles. The molecule has 7 heteroatoms. The largest absolute Gasteiger partial charge is 0.467 e. The van der Waals surface area contributed by atoms with Crippen molar-refractivity contribution in [3.05, 3.63) is 54.0 Å². The molecule has 21 heavy (non-hydrogen) atoms. The van der Waals surface area contributed by atoms with Crippen LogP contribution in [0.4, 0.5) is 14.5 Å². The minimum Gasteiger partial charge on any atom is -0.467 e. The molecular formula is C14H12F2N2O3. The topological polar surface area (TPSA) is 71.3 Å². The molecule has 1 heterocycles. The van der Waals surface area contributed by atoms with Crippen molar-refractivity contribution in [2.45, 2.75) is 13.0 Å². The van der Waals surface area contributed by atoms with Gasteiger partial charge >= 0.3 is 0 Å². The van der Waals surface area contributed by atoms with Gasteiger partial charge < -0.3 is 15.1 Å². The summed E-state index contributed by atoms with van der Waals surface area (Å²) in [5.41, 5.74) is 0.0812. The molecule has 2 rings (SSSR count). The van der Waals surface area contributed by atoms with Crippen LogP contribution in [0, 0.1) is 11.6 Å². The van der Waals surface area contributed by atoms with Gasteiger partial charge in [0, 0.05) is 11.8 Å². The van der Waals surface area contributed by atoms with Gasteiger partial charge in [0.15, 0.2) is 11.6 Å². The smallest absolute Gasteiger partial charge is 0.233 e. The Hall–Kier alpha value is -2.70. The number of carbonyl (C=O) groups is 2. The van der Waals surface area contributed by atoms with Crippen molar-refractivity contribution < 1.29 is 22.8 Å². The highest BCUT2D eigenvalue weighted by Crippen LogP contribution is 2.13. The zero-order chi connectivity index (χ0) is 15.2. The molecule has 0 spiro atoms. The lowest BCUT2D eigenvalue weighted by molar-refractivity contribution is -0.127. The van der Waals surface area contributed by atoms with E-state index in [1.54, 1.807) is 12.1 Å². The second-order valence-corrected chi connectivity index (χ2v) is 4.21. The van der Waals surface area contributed by atoms with Crippen LogP contribution >= 0.6 is 0 Å². The quantitative estimate of drug-likeness (QED) is 0.830. The lowest BCUT2D eigenvalue weighted by atomic mass is 10.3. The maximum absolute atomic E-state index is 13.0. The zero-order valence-electron chi connectivity index (χ0n) is 10.9. The van der Waals surface area contributed by atoms with E-state index in [1.165, 1.54) is 12.3 Å². The van der Waals surface area contributed by atoms with Gasteiger partial charge in [-0.3, -0.25) is 9.59 Å². The fourth-order valence-corrected chi connectivity index (χ4v) is 1.59. The Bertz CT molecular complexity index is 642. The average molecular weight is 294 g/mol. The molecule has 0 aliphatic rings. The summed E-state index contributed by atoms with van der Waals surface area (Å²) in [5, 5.41) is 4.80. The van der Waals surface area contributed by atoms with E-state index in [1.807, 2.05) is 0 Å². The zero-order valence-corrected chi connectivity index (χ0v) is 10.9. The highest BCUT2D eigenvalue weighted by Gasteiger charge is 2.11. The molecule has 110 valence electrons. The Morgan fingerprint density at radius 1 is 1.10 bits per heavy atom. The van der Waals surface area contributed by atoms with E-state index in [4.69, 9.17) is 4.42 Å². The van der Waals surface area contributed by atoms with Gasteiger partial charge in [0.25, 0.3) is 0 Å². The van der Waals surface area contributed by atoms with E-state index in [0.717, 1.165) is 12.1 Å². The molecule has 0 atom stereocenters. The van der Waals surface area contributed by atoms with E-state index in [9.17, 15) is 18.4 Å². The predicted molar refractivity (Wildman–Crippen MR) is 70.2 cm³/mol. The summed E-state index contributed by atoms with van der Waals surface area (Å²) in [4.78, 5) is 23.1. The first-order chi connectivity index (χ1) is 10.0. The summed E-state index contributed by atoms with van der Waals surface area (Å²) < 4.78 is 30.7. The van der Waals surface area contributed by atoms with Gasteiger partial charge in [-0.1, -0.05) is 0 Å². The van der Waals surface area contributed by atoms with Crippen LogP contribution in [0.1, 0.15) is 12.2 Å². The Kier molecular flexibility index (Phi) is 4.65. The van der Waals surface area contributed by atoms with Crippen molar-refractivity contribution in [2.75, 3.05) is 5.32 Å². The highest BCUT2D eigenvalue weighted by atomic mass is 19.2. The van der Waals surface area contributed by atoms with E-state index in [-0.39, 0.29) is 12.2 Å². The summed E-state index contributed by atoms with van der Waals surface area (Å²) in [6.45, 7) is 0.171. The molecule has 0 bridgehead atoms.